The number of phenolic OH excluding ortho intramolecular Hbond substituents is 1. The quantitative estimate of drug-likeness (QED) is 0.840. The Morgan fingerprint density at radius 3 is 2.74 bits per heavy atom. The highest BCUT2D eigenvalue weighted by Gasteiger charge is 2.53. The van der Waals surface area contributed by atoms with Crippen LogP contribution < -0.4 is 4.74 Å². The van der Waals surface area contributed by atoms with Gasteiger partial charge in [-0.15, -0.1) is 0 Å². The number of allylic oxidation sites excluding steroid dienone is 1. The maximum atomic E-state index is 10.0. The van der Waals surface area contributed by atoms with E-state index in [0.717, 1.165) is 5.56 Å². The molecule has 23 heavy (non-hydrogen) atoms. The molecule has 1 aliphatic carbocycles. The number of aliphatic hydroxyl groups excluding tert-OH is 1. The van der Waals surface area contributed by atoms with Gasteiger partial charge in [-0.05, 0) is 36.5 Å². The van der Waals surface area contributed by atoms with Crippen LogP contribution in [0.4, 0.5) is 0 Å². The third-order valence-electron chi connectivity index (χ3n) is 6.08. The summed E-state index contributed by atoms with van der Waals surface area (Å²) in [5.74, 6) is 1.44. The van der Waals surface area contributed by atoms with Crippen LogP contribution in [0, 0.1) is 23.2 Å². The summed E-state index contributed by atoms with van der Waals surface area (Å²) in [6.07, 6.45) is 2.21. The van der Waals surface area contributed by atoms with E-state index in [-0.39, 0.29) is 29.8 Å². The van der Waals surface area contributed by atoms with Crippen LogP contribution in [0.15, 0.2) is 29.8 Å². The Kier molecular flexibility index (Phi) is 4.15. The van der Waals surface area contributed by atoms with E-state index >= 15 is 0 Å². The highest BCUT2D eigenvalue weighted by atomic mass is 16.5. The molecular weight excluding hydrogens is 292 g/mol. The van der Waals surface area contributed by atoms with E-state index in [1.165, 1.54) is 5.57 Å². The van der Waals surface area contributed by atoms with Crippen LogP contribution >= 0.6 is 0 Å². The monoisotopic (exact) mass is 318 g/mol. The summed E-state index contributed by atoms with van der Waals surface area (Å²) in [6, 6.07) is 5.40. The third kappa shape index (κ3) is 2.36. The van der Waals surface area contributed by atoms with Gasteiger partial charge in [0.05, 0.1) is 26.4 Å². The molecule has 0 amide bonds. The smallest absolute Gasteiger partial charge is 0.160 e. The first kappa shape index (κ1) is 16.3. The number of rotatable bonds is 3. The summed E-state index contributed by atoms with van der Waals surface area (Å²) in [6.45, 7) is 7.22. The SMILES string of the molecule is COc1cc([C@H]2OC[C@@]3(CO)[C@H](C)[C@H]2C(C)=C[C@@H]3C)ccc1O. The fraction of sp³-hybridized carbons (Fsp3) is 0.579. The van der Waals surface area contributed by atoms with E-state index in [2.05, 4.69) is 26.8 Å². The fourth-order valence-electron chi connectivity index (χ4n) is 4.46. The molecule has 2 aliphatic rings. The molecule has 1 aromatic carbocycles. The van der Waals surface area contributed by atoms with Crippen molar-refractivity contribution in [3.63, 3.8) is 0 Å². The largest absolute Gasteiger partial charge is 0.504 e. The Labute approximate surface area is 137 Å². The molecule has 0 unspecified atom stereocenters. The Hall–Kier alpha value is -1.52. The predicted molar refractivity (Wildman–Crippen MR) is 88.4 cm³/mol. The van der Waals surface area contributed by atoms with Crippen LogP contribution in [0.3, 0.4) is 0 Å². The van der Waals surface area contributed by atoms with Crippen molar-refractivity contribution in [2.75, 3.05) is 20.3 Å². The lowest BCUT2D eigenvalue weighted by atomic mass is 9.56. The summed E-state index contributed by atoms with van der Waals surface area (Å²) in [5, 5.41) is 19.9. The third-order valence-corrected chi connectivity index (χ3v) is 6.08. The molecule has 0 spiro atoms. The number of hydrogen-bond donors (Lipinski definition) is 2. The lowest BCUT2D eigenvalue weighted by Gasteiger charge is -2.55. The van der Waals surface area contributed by atoms with Crippen molar-refractivity contribution in [3.05, 3.63) is 35.4 Å². The Balaban J connectivity index is 2.02. The van der Waals surface area contributed by atoms with Crippen molar-refractivity contribution < 1.29 is 19.7 Å². The normalized spacial score (nSPS) is 36.5. The van der Waals surface area contributed by atoms with Gasteiger partial charge in [-0.2, -0.15) is 0 Å². The zero-order valence-electron chi connectivity index (χ0n) is 14.2. The van der Waals surface area contributed by atoms with Gasteiger partial charge < -0.3 is 19.7 Å². The number of methoxy groups -OCH3 is 1. The average molecular weight is 318 g/mol. The van der Waals surface area contributed by atoms with Crippen molar-refractivity contribution >= 4 is 0 Å². The van der Waals surface area contributed by atoms with E-state index in [1.807, 2.05) is 12.1 Å². The Morgan fingerprint density at radius 2 is 2.09 bits per heavy atom. The minimum atomic E-state index is -0.207. The molecule has 4 nitrogen and oxygen atoms in total. The number of aromatic hydroxyl groups is 1. The molecule has 1 fully saturated rings. The lowest BCUT2D eigenvalue weighted by molar-refractivity contribution is -0.165. The van der Waals surface area contributed by atoms with Crippen LogP contribution in [0.1, 0.15) is 32.4 Å². The summed E-state index contributed by atoms with van der Waals surface area (Å²) < 4.78 is 11.5. The molecule has 1 aliphatic heterocycles. The second-order valence-corrected chi connectivity index (χ2v) is 7.07. The molecule has 0 saturated carbocycles. The number of fused-ring (bicyclic) bond motifs is 2. The first-order chi connectivity index (χ1) is 10.9. The zero-order chi connectivity index (χ0) is 16.8. The van der Waals surface area contributed by atoms with Gasteiger partial charge in [0, 0.05) is 11.3 Å². The Bertz CT molecular complexity index is 624. The van der Waals surface area contributed by atoms with E-state index in [4.69, 9.17) is 9.47 Å². The molecule has 1 aromatic rings. The lowest BCUT2D eigenvalue weighted by Crippen LogP contribution is -2.53. The number of phenols is 1. The summed E-state index contributed by atoms with van der Waals surface area (Å²) in [5.41, 5.74) is 2.11. The molecule has 1 heterocycles. The number of hydrogen-bond acceptors (Lipinski definition) is 4. The van der Waals surface area contributed by atoms with Crippen LogP contribution in [-0.2, 0) is 4.74 Å². The highest BCUT2D eigenvalue weighted by Crippen LogP contribution is 2.56. The van der Waals surface area contributed by atoms with E-state index < -0.39 is 0 Å². The first-order valence-electron chi connectivity index (χ1n) is 8.22. The van der Waals surface area contributed by atoms with Gasteiger partial charge in [0.15, 0.2) is 11.5 Å². The molecule has 5 atom stereocenters. The first-order valence-corrected chi connectivity index (χ1v) is 8.22. The van der Waals surface area contributed by atoms with Crippen LogP contribution in [0.2, 0.25) is 0 Å². The minimum Gasteiger partial charge on any atom is -0.504 e. The fourth-order valence-corrected chi connectivity index (χ4v) is 4.46. The van der Waals surface area contributed by atoms with Gasteiger partial charge in [0.1, 0.15) is 0 Å². The maximum Gasteiger partial charge on any atom is 0.160 e. The van der Waals surface area contributed by atoms with Gasteiger partial charge in [-0.25, -0.2) is 0 Å². The van der Waals surface area contributed by atoms with Crippen molar-refractivity contribution in [2.45, 2.75) is 26.9 Å². The van der Waals surface area contributed by atoms with E-state index in [1.54, 1.807) is 13.2 Å². The van der Waals surface area contributed by atoms with E-state index in [9.17, 15) is 10.2 Å². The van der Waals surface area contributed by atoms with Crippen molar-refractivity contribution in [1.29, 1.82) is 0 Å². The van der Waals surface area contributed by atoms with Crippen molar-refractivity contribution in [1.82, 2.24) is 0 Å². The minimum absolute atomic E-state index is 0.0806. The van der Waals surface area contributed by atoms with Crippen molar-refractivity contribution in [3.8, 4) is 11.5 Å². The van der Waals surface area contributed by atoms with Gasteiger partial charge in [0.2, 0.25) is 0 Å². The van der Waals surface area contributed by atoms with Gasteiger partial charge in [0.25, 0.3) is 0 Å². The molecule has 3 rings (SSSR count). The number of benzene rings is 1. The number of aliphatic hydroxyl groups is 1. The molecular formula is C19H26O4. The molecule has 4 heteroatoms. The highest BCUT2D eigenvalue weighted by molar-refractivity contribution is 5.43. The topological polar surface area (TPSA) is 58.9 Å². The second kappa shape index (κ2) is 5.84. The van der Waals surface area contributed by atoms with Gasteiger partial charge >= 0.3 is 0 Å². The predicted octanol–water partition coefficient (Wildman–Crippen LogP) is 3.30. The second-order valence-electron chi connectivity index (χ2n) is 7.07. The summed E-state index contributed by atoms with van der Waals surface area (Å²) >= 11 is 0. The molecule has 1 saturated heterocycles. The van der Waals surface area contributed by atoms with Gasteiger partial charge in [-0.3, -0.25) is 0 Å². The van der Waals surface area contributed by atoms with Crippen LogP contribution in [-0.4, -0.2) is 30.5 Å². The molecule has 126 valence electrons. The summed E-state index contributed by atoms with van der Waals surface area (Å²) in [7, 11) is 1.55. The standard InChI is InChI=1S/C19H26O4/c1-11-7-12(2)19(9-20)10-23-18(17(11)13(19)3)14-5-6-15(21)16(8-14)22-4/h5-8,12-13,17-18,20-21H,9-10H2,1-4H3/t12-,13+,17+,18+,19+/m0/s1. The number of ether oxygens (including phenoxy) is 2. The summed E-state index contributed by atoms with van der Waals surface area (Å²) in [4.78, 5) is 0. The maximum absolute atomic E-state index is 10.0. The van der Waals surface area contributed by atoms with Crippen LogP contribution in [0.5, 0.6) is 11.5 Å². The molecule has 2 N–H and O–H groups in total. The van der Waals surface area contributed by atoms with Gasteiger partial charge in [-0.1, -0.05) is 31.6 Å². The molecule has 2 bridgehead atoms. The molecule has 0 radical (unpaired) electrons. The zero-order valence-corrected chi connectivity index (χ0v) is 14.2. The van der Waals surface area contributed by atoms with Crippen molar-refractivity contribution in [2.24, 2.45) is 23.2 Å². The Morgan fingerprint density at radius 1 is 1.35 bits per heavy atom. The van der Waals surface area contributed by atoms with E-state index in [0.29, 0.717) is 24.2 Å². The van der Waals surface area contributed by atoms with Crippen LogP contribution in [0.25, 0.3) is 0 Å². The molecule has 0 aromatic heterocycles. The average Bonchev–Trinajstić information content (AvgIpc) is 2.53.